The molecule has 0 aromatic heterocycles. The van der Waals surface area contributed by atoms with Crippen LogP contribution < -0.4 is 10.1 Å². The number of ether oxygens (including phenoxy) is 1. The van der Waals surface area contributed by atoms with Gasteiger partial charge >= 0.3 is 0 Å². The molecule has 13 heavy (non-hydrogen) atoms. The molecule has 1 aromatic carbocycles. The van der Waals surface area contributed by atoms with E-state index in [1.807, 2.05) is 13.0 Å². The fraction of sp³-hybridized carbons (Fsp3) is 0.300. The van der Waals surface area contributed by atoms with E-state index in [0.29, 0.717) is 5.17 Å². The van der Waals surface area contributed by atoms with Gasteiger partial charge in [-0.05, 0) is 37.7 Å². The van der Waals surface area contributed by atoms with Gasteiger partial charge < -0.3 is 10.1 Å². The number of nitrogens with one attached hydrogen (secondary N) is 1. The number of thiocarbonyl (C=S) groups is 1. The van der Waals surface area contributed by atoms with Gasteiger partial charge in [-0.2, -0.15) is 0 Å². The van der Waals surface area contributed by atoms with Gasteiger partial charge in [0.05, 0.1) is 6.04 Å². The topological polar surface area (TPSA) is 21.3 Å². The van der Waals surface area contributed by atoms with Crippen LogP contribution in [0.15, 0.2) is 18.2 Å². The first-order valence-corrected chi connectivity index (χ1v) is 4.66. The fourth-order valence-electron chi connectivity index (χ4n) is 1.47. The molecule has 1 atom stereocenters. The lowest BCUT2D eigenvalue weighted by molar-refractivity contribution is 0.466. The molecule has 0 fully saturated rings. The molecule has 0 bridgehead atoms. The maximum atomic E-state index is 5.40. The van der Waals surface area contributed by atoms with E-state index in [1.165, 1.54) is 11.1 Å². The Labute approximate surface area is 82.9 Å². The maximum absolute atomic E-state index is 5.40. The SMILES string of the molecule is Cc1ccc2c(c1)OC(=S)NC2C. The molecule has 0 aliphatic carbocycles. The number of rotatable bonds is 0. The summed E-state index contributed by atoms with van der Waals surface area (Å²) in [7, 11) is 0. The zero-order valence-electron chi connectivity index (χ0n) is 7.63. The van der Waals surface area contributed by atoms with Crippen LogP contribution in [-0.2, 0) is 0 Å². The van der Waals surface area contributed by atoms with Gasteiger partial charge in [0.25, 0.3) is 5.17 Å². The normalized spacial score (nSPS) is 20.2. The summed E-state index contributed by atoms with van der Waals surface area (Å²) in [5.41, 5.74) is 2.36. The highest BCUT2D eigenvalue weighted by Gasteiger charge is 2.19. The molecule has 1 aliphatic heterocycles. The van der Waals surface area contributed by atoms with E-state index < -0.39 is 0 Å². The Bertz CT molecular complexity index is 362. The summed E-state index contributed by atoms with van der Waals surface area (Å²) >= 11 is 4.97. The van der Waals surface area contributed by atoms with Crippen molar-refractivity contribution in [1.82, 2.24) is 5.32 Å². The molecule has 1 unspecified atom stereocenters. The smallest absolute Gasteiger partial charge is 0.262 e. The van der Waals surface area contributed by atoms with Crippen LogP contribution in [0.1, 0.15) is 24.1 Å². The van der Waals surface area contributed by atoms with Crippen molar-refractivity contribution in [3.05, 3.63) is 29.3 Å². The maximum Gasteiger partial charge on any atom is 0.262 e. The number of aryl methyl sites for hydroxylation is 1. The molecule has 1 heterocycles. The third kappa shape index (κ3) is 1.52. The zero-order valence-corrected chi connectivity index (χ0v) is 8.44. The van der Waals surface area contributed by atoms with E-state index in [2.05, 4.69) is 24.4 Å². The summed E-state index contributed by atoms with van der Waals surface area (Å²) in [6.45, 7) is 4.11. The first-order valence-electron chi connectivity index (χ1n) is 4.26. The van der Waals surface area contributed by atoms with Gasteiger partial charge in [0.2, 0.25) is 0 Å². The predicted molar refractivity (Wildman–Crippen MR) is 56.0 cm³/mol. The van der Waals surface area contributed by atoms with Gasteiger partial charge in [-0.1, -0.05) is 12.1 Å². The molecule has 1 N–H and O–H groups in total. The minimum atomic E-state index is 0.247. The van der Waals surface area contributed by atoms with Crippen molar-refractivity contribution in [2.45, 2.75) is 19.9 Å². The van der Waals surface area contributed by atoms with Crippen molar-refractivity contribution in [2.75, 3.05) is 0 Å². The molecule has 1 aliphatic rings. The van der Waals surface area contributed by atoms with Crippen molar-refractivity contribution in [2.24, 2.45) is 0 Å². The van der Waals surface area contributed by atoms with E-state index in [0.717, 1.165) is 5.75 Å². The third-order valence-corrected chi connectivity index (χ3v) is 2.37. The Morgan fingerprint density at radius 3 is 3.00 bits per heavy atom. The lowest BCUT2D eigenvalue weighted by Crippen LogP contribution is -2.34. The lowest BCUT2D eigenvalue weighted by Gasteiger charge is -2.25. The fourth-order valence-corrected chi connectivity index (χ4v) is 1.74. The second-order valence-electron chi connectivity index (χ2n) is 3.30. The minimum absolute atomic E-state index is 0.247. The summed E-state index contributed by atoms with van der Waals surface area (Å²) in [6, 6.07) is 6.41. The van der Waals surface area contributed by atoms with Crippen LogP contribution in [0.5, 0.6) is 5.75 Å². The molecule has 68 valence electrons. The molecule has 0 radical (unpaired) electrons. The summed E-state index contributed by atoms with van der Waals surface area (Å²) in [6.07, 6.45) is 0. The van der Waals surface area contributed by atoms with Crippen molar-refractivity contribution >= 4 is 17.4 Å². The molecule has 0 amide bonds. The van der Waals surface area contributed by atoms with Crippen molar-refractivity contribution in [3.8, 4) is 5.75 Å². The second kappa shape index (κ2) is 3.00. The summed E-state index contributed by atoms with van der Waals surface area (Å²) in [4.78, 5) is 0. The van der Waals surface area contributed by atoms with Gasteiger partial charge in [-0.25, -0.2) is 0 Å². The van der Waals surface area contributed by atoms with Crippen LogP contribution in [0.3, 0.4) is 0 Å². The summed E-state index contributed by atoms with van der Waals surface area (Å²) in [5.74, 6) is 0.885. The quantitative estimate of drug-likeness (QED) is 0.639. The molecule has 0 spiro atoms. The van der Waals surface area contributed by atoms with Crippen LogP contribution in [0.25, 0.3) is 0 Å². The van der Waals surface area contributed by atoms with Crippen molar-refractivity contribution < 1.29 is 4.74 Å². The third-order valence-electron chi connectivity index (χ3n) is 2.17. The van der Waals surface area contributed by atoms with Gasteiger partial charge in [0.1, 0.15) is 5.75 Å². The summed E-state index contributed by atoms with van der Waals surface area (Å²) in [5, 5.41) is 3.53. The van der Waals surface area contributed by atoms with Crippen LogP contribution >= 0.6 is 12.2 Å². The van der Waals surface area contributed by atoms with Crippen LogP contribution in [-0.4, -0.2) is 5.17 Å². The largest absolute Gasteiger partial charge is 0.432 e. The molecule has 0 saturated carbocycles. The van der Waals surface area contributed by atoms with Crippen molar-refractivity contribution in [1.29, 1.82) is 0 Å². The van der Waals surface area contributed by atoms with Crippen molar-refractivity contribution in [3.63, 3.8) is 0 Å². The van der Waals surface area contributed by atoms with Crippen LogP contribution in [0.2, 0.25) is 0 Å². The van der Waals surface area contributed by atoms with Gasteiger partial charge in [-0.15, -0.1) is 0 Å². The average Bonchev–Trinajstić information content (AvgIpc) is 2.02. The Balaban J connectivity index is 2.49. The van der Waals surface area contributed by atoms with E-state index in [1.54, 1.807) is 0 Å². The molecule has 2 nitrogen and oxygen atoms in total. The van der Waals surface area contributed by atoms with E-state index in [9.17, 15) is 0 Å². The molecule has 2 rings (SSSR count). The Hall–Kier alpha value is -1.09. The molecular formula is C10H11NOS. The van der Waals surface area contributed by atoms with Gasteiger partial charge in [-0.3, -0.25) is 0 Å². The van der Waals surface area contributed by atoms with Gasteiger partial charge in [0.15, 0.2) is 0 Å². The molecule has 0 saturated heterocycles. The van der Waals surface area contributed by atoms with E-state index >= 15 is 0 Å². The zero-order chi connectivity index (χ0) is 9.42. The number of benzene rings is 1. The first-order chi connectivity index (χ1) is 6.16. The number of hydrogen-bond donors (Lipinski definition) is 1. The lowest BCUT2D eigenvalue weighted by atomic mass is 10.0. The predicted octanol–water partition coefficient (Wildman–Crippen LogP) is 2.32. The first kappa shape index (κ1) is 8.51. The number of hydrogen-bond acceptors (Lipinski definition) is 2. The Morgan fingerprint density at radius 2 is 2.23 bits per heavy atom. The summed E-state index contributed by atoms with van der Waals surface area (Å²) < 4.78 is 5.40. The monoisotopic (exact) mass is 193 g/mol. The minimum Gasteiger partial charge on any atom is -0.432 e. The molecule has 1 aromatic rings. The molecular weight excluding hydrogens is 182 g/mol. The highest BCUT2D eigenvalue weighted by Crippen LogP contribution is 2.29. The number of fused-ring (bicyclic) bond motifs is 1. The van der Waals surface area contributed by atoms with Gasteiger partial charge in [0, 0.05) is 5.56 Å². The Kier molecular flexibility index (Phi) is 1.96. The van der Waals surface area contributed by atoms with Crippen LogP contribution in [0.4, 0.5) is 0 Å². The second-order valence-corrected chi connectivity index (χ2v) is 3.67. The average molecular weight is 193 g/mol. The highest BCUT2D eigenvalue weighted by atomic mass is 32.1. The van der Waals surface area contributed by atoms with Crippen LogP contribution in [0, 0.1) is 6.92 Å². The highest BCUT2D eigenvalue weighted by molar-refractivity contribution is 7.80. The standard InChI is InChI=1S/C10H11NOS/c1-6-3-4-8-7(2)11-10(13)12-9(8)5-6/h3-5,7H,1-2H3,(H,11,13). The Morgan fingerprint density at radius 1 is 1.46 bits per heavy atom. The van der Waals surface area contributed by atoms with E-state index in [-0.39, 0.29) is 6.04 Å². The van der Waals surface area contributed by atoms with E-state index in [4.69, 9.17) is 17.0 Å². The molecule has 3 heteroatoms.